The van der Waals surface area contributed by atoms with Crippen molar-refractivity contribution in [3.05, 3.63) is 42.3 Å². The molecule has 0 amide bonds. The van der Waals surface area contributed by atoms with Crippen molar-refractivity contribution in [3.63, 3.8) is 0 Å². The van der Waals surface area contributed by atoms with Gasteiger partial charge in [0, 0.05) is 18.7 Å². The van der Waals surface area contributed by atoms with Crippen LogP contribution < -0.4 is 18.9 Å². The molecule has 0 N–H and O–H groups in total. The molecule has 3 rings (SSSR count). The Morgan fingerprint density at radius 3 is 2.23 bits per heavy atom. The number of nitrogens with zero attached hydrogens (tertiary/aromatic N) is 3. The van der Waals surface area contributed by atoms with E-state index in [4.69, 9.17) is 23.5 Å². The topological polar surface area (TPSA) is 113 Å². The maximum atomic E-state index is 13.1. The van der Waals surface area contributed by atoms with Crippen LogP contribution in [0.15, 0.2) is 45.8 Å². The third-order valence-electron chi connectivity index (χ3n) is 4.53. The standard InChI is InChI=1S/C20H23N3O7S/c1-23(31(24,25)18-11-14(26-2)7-9-16(18)28-4)12-19-21-20(22-30-19)13-6-8-15(27-3)17(10-13)29-5/h6-11H,12H2,1-5H3. The van der Waals surface area contributed by atoms with E-state index in [2.05, 4.69) is 10.1 Å². The van der Waals surface area contributed by atoms with Gasteiger partial charge in [0.1, 0.15) is 16.4 Å². The highest BCUT2D eigenvalue weighted by Gasteiger charge is 2.27. The summed E-state index contributed by atoms with van der Waals surface area (Å²) in [4.78, 5) is 4.27. The van der Waals surface area contributed by atoms with Gasteiger partial charge in [-0.15, -0.1) is 0 Å². The second kappa shape index (κ2) is 9.23. The molecule has 1 aromatic heterocycles. The number of ether oxygens (including phenoxy) is 4. The summed E-state index contributed by atoms with van der Waals surface area (Å²) in [5.41, 5.74) is 0.632. The fourth-order valence-corrected chi connectivity index (χ4v) is 4.13. The molecule has 2 aromatic carbocycles. The SMILES string of the molecule is COc1ccc(OC)c(S(=O)(=O)N(C)Cc2nc(-c3ccc(OC)c(OC)c3)no2)c1. The molecule has 0 fully saturated rings. The molecule has 1 heterocycles. The Balaban J connectivity index is 1.85. The van der Waals surface area contributed by atoms with Crippen LogP contribution in [0.3, 0.4) is 0 Å². The zero-order valence-electron chi connectivity index (χ0n) is 17.8. The molecule has 0 saturated heterocycles. The second-order valence-corrected chi connectivity index (χ2v) is 8.37. The van der Waals surface area contributed by atoms with Crippen molar-refractivity contribution in [2.45, 2.75) is 11.4 Å². The number of sulfonamides is 1. The molecule has 0 spiro atoms. The summed E-state index contributed by atoms with van der Waals surface area (Å²) in [6.45, 7) is -0.136. The van der Waals surface area contributed by atoms with Crippen LogP contribution in [0, 0.1) is 0 Å². The largest absolute Gasteiger partial charge is 0.497 e. The van der Waals surface area contributed by atoms with Gasteiger partial charge in [-0.25, -0.2) is 8.42 Å². The van der Waals surface area contributed by atoms with Gasteiger partial charge in [-0.2, -0.15) is 9.29 Å². The molecule has 3 aromatic rings. The van der Waals surface area contributed by atoms with E-state index in [0.29, 0.717) is 28.6 Å². The quantitative estimate of drug-likeness (QED) is 0.486. The monoisotopic (exact) mass is 449 g/mol. The minimum absolute atomic E-state index is 0.0310. The van der Waals surface area contributed by atoms with Gasteiger partial charge in [0.25, 0.3) is 0 Å². The molecule has 0 aliphatic rings. The predicted octanol–water partition coefficient (Wildman–Crippen LogP) is 2.59. The van der Waals surface area contributed by atoms with Crippen molar-refractivity contribution in [3.8, 4) is 34.4 Å². The Bertz CT molecular complexity index is 1160. The first-order valence-corrected chi connectivity index (χ1v) is 10.5. The van der Waals surface area contributed by atoms with Crippen molar-refractivity contribution in [1.29, 1.82) is 0 Å². The highest BCUT2D eigenvalue weighted by molar-refractivity contribution is 7.89. The lowest BCUT2D eigenvalue weighted by Gasteiger charge is -2.17. The number of hydrogen-bond acceptors (Lipinski definition) is 9. The fraction of sp³-hybridized carbons (Fsp3) is 0.300. The van der Waals surface area contributed by atoms with Gasteiger partial charge in [-0.1, -0.05) is 5.16 Å². The minimum Gasteiger partial charge on any atom is -0.497 e. The predicted molar refractivity (Wildman–Crippen MR) is 111 cm³/mol. The van der Waals surface area contributed by atoms with Gasteiger partial charge in [-0.05, 0) is 30.3 Å². The normalized spacial score (nSPS) is 11.4. The van der Waals surface area contributed by atoms with E-state index in [1.807, 2.05) is 0 Å². The van der Waals surface area contributed by atoms with E-state index < -0.39 is 10.0 Å². The molecule has 0 radical (unpaired) electrons. The number of hydrogen-bond donors (Lipinski definition) is 0. The summed E-state index contributed by atoms with van der Waals surface area (Å²) in [5, 5.41) is 3.94. The van der Waals surface area contributed by atoms with Crippen LogP contribution in [-0.4, -0.2) is 58.4 Å². The molecule has 0 unspecified atom stereocenters. The van der Waals surface area contributed by atoms with E-state index in [1.165, 1.54) is 47.6 Å². The molecular weight excluding hydrogens is 426 g/mol. The Morgan fingerprint density at radius 1 is 0.903 bits per heavy atom. The molecule has 0 bridgehead atoms. The first kappa shape index (κ1) is 22.4. The van der Waals surface area contributed by atoms with E-state index in [1.54, 1.807) is 24.3 Å². The van der Waals surface area contributed by atoms with Crippen molar-refractivity contribution >= 4 is 10.0 Å². The van der Waals surface area contributed by atoms with Crippen LogP contribution in [-0.2, 0) is 16.6 Å². The summed E-state index contributed by atoms with van der Waals surface area (Å²) in [6.07, 6.45) is 0. The average molecular weight is 449 g/mol. The molecule has 0 saturated carbocycles. The van der Waals surface area contributed by atoms with Gasteiger partial charge in [0.15, 0.2) is 11.5 Å². The van der Waals surface area contributed by atoms with Gasteiger partial charge < -0.3 is 23.5 Å². The van der Waals surface area contributed by atoms with E-state index >= 15 is 0 Å². The van der Waals surface area contributed by atoms with E-state index in [9.17, 15) is 8.42 Å². The third-order valence-corrected chi connectivity index (χ3v) is 6.35. The van der Waals surface area contributed by atoms with Gasteiger partial charge in [-0.3, -0.25) is 0 Å². The maximum absolute atomic E-state index is 13.1. The Kier molecular flexibility index (Phi) is 6.66. The number of aromatic nitrogens is 2. The van der Waals surface area contributed by atoms with Crippen LogP contribution in [0.4, 0.5) is 0 Å². The van der Waals surface area contributed by atoms with Crippen LogP contribution >= 0.6 is 0 Å². The summed E-state index contributed by atoms with van der Waals surface area (Å²) in [6, 6.07) is 9.71. The summed E-state index contributed by atoms with van der Waals surface area (Å²) in [7, 11) is 3.40. The van der Waals surface area contributed by atoms with Crippen molar-refractivity contribution in [2.24, 2.45) is 0 Å². The number of benzene rings is 2. The van der Waals surface area contributed by atoms with Crippen molar-refractivity contribution < 1.29 is 31.9 Å². The molecule has 0 aliphatic carbocycles. The molecule has 166 valence electrons. The molecule has 10 nitrogen and oxygen atoms in total. The Labute approximate surface area is 180 Å². The first-order chi connectivity index (χ1) is 14.8. The summed E-state index contributed by atoms with van der Waals surface area (Å²) >= 11 is 0. The lowest BCUT2D eigenvalue weighted by Crippen LogP contribution is -2.27. The fourth-order valence-electron chi connectivity index (χ4n) is 2.84. The third kappa shape index (κ3) is 4.57. The minimum atomic E-state index is -3.92. The lowest BCUT2D eigenvalue weighted by molar-refractivity contribution is 0.335. The maximum Gasteiger partial charge on any atom is 0.247 e. The number of rotatable bonds is 9. The molecule has 11 heteroatoms. The van der Waals surface area contributed by atoms with Gasteiger partial charge in [0.05, 0.1) is 35.0 Å². The zero-order valence-corrected chi connectivity index (χ0v) is 18.6. The average Bonchev–Trinajstić information content (AvgIpc) is 3.26. The van der Waals surface area contributed by atoms with Crippen LogP contribution in [0.1, 0.15) is 5.89 Å². The van der Waals surface area contributed by atoms with Crippen LogP contribution in [0.5, 0.6) is 23.0 Å². The lowest BCUT2D eigenvalue weighted by atomic mass is 10.2. The second-order valence-electron chi connectivity index (χ2n) is 6.36. The zero-order chi connectivity index (χ0) is 22.6. The summed E-state index contributed by atoms with van der Waals surface area (Å²) in [5.74, 6) is 2.08. The molecular formula is C20H23N3O7S. The van der Waals surface area contributed by atoms with Crippen molar-refractivity contribution in [1.82, 2.24) is 14.4 Å². The first-order valence-electron chi connectivity index (χ1n) is 9.07. The van der Waals surface area contributed by atoms with Gasteiger partial charge in [0.2, 0.25) is 21.7 Å². The molecule has 0 atom stereocenters. The summed E-state index contributed by atoms with van der Waals surface area (Å²) < 4.78 is 53.4. The van der Waals surface area contributed by atoms with Crippen LogP contribution in [0.2, 0.25) is 0 Å². The number of methoxy groups -OCH3 is 4. The van der Waals surface area contributed by atoms with E-state index in [0.717, 1.165) is 4.31 Å². The smallest absolute Gasteiger partial charge is 0.247 e. The van der Waals surface area contributed by atoms with E-state index in [-0.39, 0.29) is 23.1 Å². The van der Waals surface area contributed by atoms with Crippen molar-refractivity contribution in [2.75, 3.05) is 35.5 Å². The Morgan fingerprint density at radius 2 is 1.58 bits per heavy atom. The van der Waals surface area contributed by atoms with Gasteiger partial charge >= 0.3 is 0 Å². The highest BCUT2D eigenvalue weighted by atomic mass is 32.2. The Hall–Kier alpha value is -3.31. The van der Waals surface area contributed by atoms with Crippen LogP contribution in [0.25, 0.3) is 11.4 Å². The molecule has 31 heavy (non-hydrogen) atoms. The molecule has 0 aliphatic heterocycles. The highest BCUT2D eigenvalue weighted by Crippen LogP contribution is 2.32.